The molecule has 0 saturated heterocycles. The van der Waals surface area contributed by atoms with Gasteiger partial charge in [0.2, 0.25) is 0 Å². The van der Waals surface area contributed by atoms with Crippen molar-refractivity contribution in [2.24, 2.45) is 0 Å². The summed E-state index contributed by atoms with van der Waals surface area (Å²) in [6.07, 6.45) is -0.943. The SMILES string of the molecule is C=C(C)C(=O)OCCOc1cccc(C(C)(C)c2ccc(OCC(O)COC(=O)C(=C)C)cc2)c1. The van der Waals surface area contributed by atoms with E-state index in [4.69, 9.17) is 18.9 Å². The summed E-state index contributed by atoms with van der Waals surface area (Å²) in [5.74, 6) is 0.299. The lowest BCUT2D eigenvalue weighted by atomic mass is 9.78. The van der Waals surface area contributed by atoms with Gasteiger partial charge < -0.3 is 24.1 Å². The lowest BCUT2D eigenvalue weighted by Gasteiger charge is -2.27. The van der Waals surface area contributed by atoms with Crippen LogP contribution < -0.4 is 9.47 Å². The largest absolute Gasteiger partial charge is 0.491 e. The van der Waals surface area contributed by atoms with Gasteiger partial charge in [0.15, 0.2) is 0 Å². The van der Waals surface area contributed by atoms with Crippen molar-refractivity contribution in [3.8, 4) is 11.5 Å². The third kappa shape index (κ3) is 8.61. The molecule has 0 radical (unpaired) electrons. The van der Waals surface area contributed by atoms with Crippen LogP contribution in [0, 0.1) is 0 Å². The van der Waals surface area contributed by atoms with E-state index in [1.165, 1.54) is 0 Å². The molecule has 1 N–H and O–H groups in total. The highest BCUT2D eigenvalue weighted by Gasteiger charge is 2.23. The van der Waals surface area contributed by atoms with Gasteiger partial charge in [-0.3, -0.25) is 0 Å². The summed E-state index contributed by atoms with van der Waals surface area (Å²) in [7, 11) is 0. The minimum atomic E-state index is -0.943. The van der Waals surface area contributed by atoms with Crippen molar-refractivity contribution in [2.45, 2.75) is 39.2 Å². The van der Waals surface area contributed by atoms with Gasteiger partial charge in [0.25, 0.3) is 0 Å². The number of ether oxygens (including phenoxy) is 4. The molecular weight excluding hydrogens is 448 g/mol. The first-order valence-electron chi connectivity index (χ1n) is 11.3. The standard InChI is InChI=1S/C28H34O7/c1-19(2)26(30)33-15-14-32-25-9-7-8-22(16-25)28(5,6)21-10-12-24(13-11-21)34-17-23(29)18-35-27(31)20(3)4/h7-13,16,23,29H,1,3,14-15,17-18H2,2,4-6H3. The highest BCUT2D eigenvalue weighted by molar-refractivity contribution is 5.87. The van der Waals surface area contributed by atoms with Crippen molar-refractivity contribution in [3.63, 3.8) is 0 Å². The number of carbonyl (C=O) groups is 2. The van der Waals surface area contributed by atoms with Crippen LogP contribution in [0.1, 0.15) is 38.8 Å². The molecule has 2 aromatic carbocycles. The summed E-state index contributed by atoms with van der Waals surface area (Å²) in [5, 5.41) is 9.96. The number of hydrogen-bond acceptors (Lipinski definition) is 7. The third-order valence-electron chi connectivity index (χ3n) is 5.26. The normalized spacial score (nSPS) is 11.8. The molecule has 0 amide bonds. The molecule has 0 aromatic heterocycles. The molecule has 0 heterocycles. The zero-order valence-corrected chi connectivity index (χ0v) is 20.8. The minimum absolute atomic E-state index is 0.00667. The Morgan fingerprint density at radius 3 is 2.09 bits per heavy atom. The van der Waals surface area contributed by atoms with Crippen LogP contribution in [0.4, 0.5) is 0 Å². The molecular formula is C28H34O7. The Bertz CT molecular complexity index is 1040. The van der Waals surface area contributed by atoms with E-state index in [9.17, 15) is 14.7 Å². The second-order valence-electron chi connectivity index (χ2n) is 8.79. The third-order valence-corrected chi connectivity index (χ3v) is 5.26. The number of rotatable bonds is 13. The van der Waals surface area contributed by atoms with Gasteiger partial charge in [-0.2, -0.15) is 0 Å². The van der Waals surface area contributed by atoms with E-state index in [-0.39, 0.29) is 37.4 Å². The van der Waals surface area contributed by atoms with Gasteiger partial charge in [0.1, 0.15) is 44.0 Å². The van der Waals surface area contributed by atoms with Crippen molar-refractivity contribution < 1.29 is 33.6 Å². The molecule has 0 spiro atoms. The second-order valence-corrected chi connectivity index (χ2v) is 8.79. The molecule has 1 atom stereocenters. The van der Waals surface area contributed by atoms with Crippen LogP contribution in [0.3, 0.4) is 0 Å². The Morgan fingerprint density at radius 1 is 0.829 bits per heavy atom. The second kappa shape index (κ2) is 12.8. The molecule has 0 bridgehead atoms. The molecule has 2 rings (SSSR count). The van der Waals surface area contributed by atoms with Crippen LogP contribution >= 0.6 is 0 Å². The van der Waals surface area contributed by atoms with Crippen molar-refractivity contribution in [1.82, 2.24) is 0 Å². The molecule has 0 saturated carbocycles. The zero-order chi connectivity index (χ0) is 26.0. The summed E-state index contributed by atoms with van der Waals surface area (Å²) >= 11 is 0. The fourth-order valence-corrected chi connectivity index (χ4v) is 3.06. The van der Waals surface area contributed by atoms with Gasteiger partial charge >= 0.3 is 11.9 Å². The molecule has 0 aliphatic heterocycles. The first kappa shape index (κ1) is 27.7. The van der Waals surface area contributed by atoms with Gasteiger partial charge in [-0.1, -0.05) is 51.3 Å². The Morgan fingerprint density at radius 2 is 1.46 bits per heavy atom. The molecule has 0 aliphatic rings. The topological polar surface area (TPSA) is 91.3 Å². The van der Waals surface area contributed by atoms with E-state index in [1.54, 1.807) is 13.8 Å². The lowest BCUT2D eigenvalue weighted by Crippen LogP contribution is -2.25. The van der Waals surface area contributed by atoms with Gasteiger partial charge in [-0.15, -0.1) is 0 Å². The highest BCUT2D eigenvalue weighted by atomic mass is 16.6. The van der Waals surface area contributed by atoms with E-state index in [2.05, 4.69) is 27.0 Å². The Balaban J connectivity index is 1.93. The Kier molecular flexibility index (Phi) is 10.1. The minimum Gasteiger partial charge on any atom is -0.491 e. The summed E-state index contributed by atoms with van der Waals surface area (Å²) in [5.41, 5.74) is 2.43. The number of carbonyl (C=O) groups excluding carboxylic acids is 2. The van der Waals surface area contributed by atoms with Gasteiger partial charge in [-0.05, 0) is 49.2 Å². The van der Waals surface area contributed by atoms with Crippen LogP contribution in [0.15, 0.2) is 72.8 Å². The first-order valence-corrected chi connectivity index (χ1v) is 11.3. The van der Waals surface area contributed by atoms with E-state index in [0.717, 1.165) is 11.1 Å². The van der Waals surface area contributed by atoms with E-state index >= 15 is 0 Å². The summed E-state index contributed by atoms with van der Waals surface area (Å²) in [4.78, 5) is 22.9. The number of benzene rings is 2. The number of esters is 2. The molecule has 7 heteroatoms. The maximum absolute atomic E-state index is 11.5. The van der Waals surface area contributed by atoms with E-state index < -0.39 is 18.0 Å². The molecule has 7 nitrogen and oxygen atoms in total. The van der Waals surface area contributed by atoms with Crippen molar-refractivity contribution >= 4 is 11.9 Å². The summed E-state index contributed by atoms with van der Waals surface area (Å²) in [6.45, 7) is 14.6. The van der Waals surface area contributed by atoms with E-state index in [0.29, 0.717) is 17.1 Å². The fraction of sp³-hybridized carbons (Fsp3) is 0.357. The number of aliphatic hydroxyl groups is 1. The summed E-state index contributed by atoms with van der Waals surface area (Å²) < 4.78 is 21.3. The number of hydrogen-bond donors (Lipinski definition) is 1. The first-order chi connectivity index (χ1) is 16.5. The predicted molar refractivity (Wildman–Crippen MR) is 134 cm³/mol. The monoisotopic (exact) mass is 482 g/mol. The summed E-state index contributed by atoms with van der Waals surface area (Å²) in [6, 6.07) is 15.4. The fourth-order valence-electron chi connectivity index (χ4n) is 3.06. The Hall–Kier alpha value is -3.58. The average molecular weight is 483 g/mol. The highest BCUT2D eigenvalue weighted by Crippen LogP contribution is 2.34. The quantitative estimate of drug-likeness (QED) is 0.258. The zero-order valence-electron chi connectivity index (χ0n) is 20.8. The van der Waals surface area contributed by atoms with Crippen LogP contribution in [0.25, 0.3) is 0 Å². The molecule has 1 unspecified atom stereocenters. The van der Waals surface area contributed by atoms with Crippen molar-refractivity contribution in [1.29, 1.82) is 0 Å². The van der Waals surface area contributed by atoms with E-state index in [1.807, 2.05) is 48.5 Å². The smallest absolute Gasteiger partial charge is 0.333 e. The maximum Gasteiger partial charge on any atom is 0.333 e. The van der Waals surface area contributed by atoms with Gasteiger partial charge in [-0.25, -0.2) is 9.59 Å². The van der Waals surface area contributed by atoms with Crippen molar-refractivity contribution in [3.05, 3.63) is 84.0 Å². The maximum atomic E-state index is 11.5. The Labute approximate surface area is 207 Å². The van der Waals surface area contributed by atoms with Crippen molar-refractivity contribution in [2.75, 3.05) is 26.4 Å². The van der Waals surface area contributed by atoms with Crippen LogP contribution in [0.5, 0.6) is 11.5 Å². The van der Waals surface area contributed by atoms with Crippen LogP contribution in [0.2, 0.25) is 0 Å². The van der Waals surface area contributed by atoms with Crippen LogP contribution in [-0.2, 0) is 24.5 Å². The molecule has 35 heavy (non-hydrogen) atoms. The predicted octanol–water partition coefficient (Wildman–Crippen LogP) is 4.37. The average Bonchev–Trinajstić information content (AvgIpc) is 2.83. The van der Waals surface area contributed by atoms with Gasteiger partial charge in [0.05, 0.1) is 0 Å². The van der Waals surface area contributed by atoms with Crippen LogP contribution in [-0.4, -0.2) is 49.6 Å². The van der Waals surface area contributed by atoms with Gasteiger partial charge in [0, 0.05) is 16.6 Å². The molecule has 2 aromatic rings. The molecule has 0 aliphatic carbocycles. The number of aliphatic hydroxyl groups excluding tert-OH is 1. The molecule has 188 valence electrons. The lowest BCUT2D eigenvalue weighted by molar-refractivity contribution is -0.142. The molecule has 0 fully saturated rings.